The number of hydrogen-bond donors (Lipinski definition) is 0. The third kappa shape index (κ3) is 2.29. The molecule has 5 rings (SSSR count). The summed E-state index contributed by atoms with van der Waals surface area (Å²) in [4.78, 5) is 9.82. The Bertz CT molecular complexity index is 1180. The molecule has 118 valence electrons. The van der Waals surface area contributed by atoms with E-state index in [4.69, 9.17) is 9.97 Å². The number of hydrogen-bond acceptors (Lipinski definition) is 2. The highest BCUT2D eigenvalue weighted by Crippen LogP contribution is 2.28. The van der Waals surface area contributed by atoms with E-state index < -0.39 is 0 Å². The van der Waals surface area contributed by atoms with Gasteiger partial charge in [-0.05, 0) is 12.1 Å². The van der Waals surface area contributed by atoms with Crippen LogP contribution in [-0.2, 0) is 0 Å². The summed E-state index contributed by atoms with van der Waals surface area (Å²) < 4.78 is 2.10. The van der Waals surface area contributed by atoms with Crippen molar-refractivity contribution in [2.24, 2.45) is 0 Å². The third-order valence-electron chi connectivity index (χ3n) is 4.41. The first-order valence-electron chi connectivity index (χ1n) is 8.29. The van der Waals surface area contributed by atoms with Crippen LogP contribution in [0.25, 0.3) is 39.2 Å². The molecule has 0 N–H and O–H groups in total. The Labute approximate surface area is 145 Å². The van der Waals surface area contributed by atoms with Gasteiger partial charge in [0.25, 0.3) is 0 Å². The van der Waals surface area contributed by atoms with E-state index in [9.17, 15) is 0 Å². The van der Waals surface area contributed by atoms with E-state index in [1.807, 2.05) is 54.6 Å². The zero-order valence-electron chi connectivity index (χ0n) is 13.5. The van der Waals surface area contributed by atoms with Gasteiger partial charge in [-0.15, -0.1) is 0 Å². The molecule has 0 fully saturated rings. The molecule has 0 unspecified atom stereocenters. The average molecular weight is 321 g/mol. The van der Waals surface area contributed by atoms with Crippen LogP contribution in [0.1, 0.15) is 0 Å². The molecular formula is C22H15N3. The second-order valence-corrected chi connectivity index (χ2v) is 6.00. The van der Waals surface area contributed by atoms with E-state index in [0.717, 1.165) is 39.2 Å². The maximum atomic E-state index is 4.92. The van der Waals surface area contributed by atoms with Gasteiger partial charge in [0.1, 0.15) is 11.5 Å². The molecule has 3 aromatic carbocycles. The van der Waals surface area contributed by atoms with Gasteiger partial charge in [0.05, 0.1) is 11.2 Å². The van der Waals surface area contributed by atoms with Crippen molar-refractivity contribution < 1.29 is 0 Å². The summed E-state index contributed by atoms with van der Waals surface area (Å²) in [6.07, 6.45) is 2.08. The lowest BCUT2D eigenvalue weighted by Gasteiger charge is -2.07. The number of rotatable bonds is 2. The highest BCUT2D eigenvalue weighted by Gasteiger charge is 2.13. The van der Waals surface area contributed by atoms with Crippen LogP contribution in [0.4, 0.5) is 0 Å². The largest absolute Gasteiger partial charge is 0.283 e. The predicted molar refractivity (Wildman–Crippen MR) is 101 cm³/mol. The van der Waals surface area contributed by atoms with Crippen LogP contribution >= 0.6 is 0 Å². The fraction of sp³-hybridized carbons (Fsp3) is 0. The van der Waals surface area contributed by atoms with E-state index in [1.165, 1.54) is 0 Å². The van der Waals surface area contributed by atoms with Crippen molar-refractivity contribution in [3.63, 3.8) is 0 Å². The molecule has 0 aliphatic heterocycles. The summed E-state index contributed by atoms with van der Waals surface area (Å²) in [5.41, 5.74) is 5.03. The molecule has 0 saturated carbocycles. The minimum atomic E-state index is 0.906. The lowest BCUT2D eigenvalue weighted by atomic mass is 10.2. The molecule has 0 saturated heterocycles. The van der Waals surface area contributed by atoms with Crippen molar-refractivity contribution >= 4 is 16.6 Å². The van der Waals surface area contributed by atoms with Gasteiger partial charge >= 0.3 is 0 Å². The van der Waals surface area contributed by atoms with E-state index in [0.29, 0.717) is 0 Å². The zero-order valence-corrected chi connectivity index (χ0v) is 13.5. The summed E-state index contributed by atoms with van der Waals surface area (Å²) in [5, 5.41) is 1.06. The Morgan fingerprint density at radius 2 is 1.24 bits per heavy atom. The summed E-state index contributed by atoms with van der Waals surface area (Å²) in [7, 11) is 0. The number of imidazole rings is 1. The molecule has 0 spiro atoms. The molecule has 3 heteroatoms. The van der Waals surface area contributed by atoms with Crippen molar-refractivity contribution in [1.29, 1.82) is 0 Å². The zero-order chi connectivity index (χ0) is 16.6. The number of aromatic nitrogens is 3. The molecule has 2 heterocycles. The minimum absolute atomic E-state index is 0.906. The second kappa shape index (κ2) is 5.56. The van der Waals surface area contributed by atoms with Crippen LogP contribution in [0, 0.1) is 0 Å². The van der Waals surface area contributed by atoms with Gasteiger partial charge in [-0.25, -0.2) is 9.97 Å². The molecule has 0 radical (unpaired) electrons. The maximum absolute atomic E-state index is 4.92. The van der Waals surface area contributed by atoms with E-state index >= 15 is 0 Å². The molecule has 25 heavy (non-hydrogen) atoms. The van der Waals surface area contributed by atoms with Gasteiger partial charge in [-0.2, -0.15) is 0 Å². The highest BCUT2D eigenvalue weighted by molar-refractivity contribution is 5.94. The SMILES string of the molecule is c1ccc(-c2cn3c(-c4ccccc4)nc4ccccc4c3n2)cc1. The topological polar surface area (TPSA) is 30.2 Å². The minimum Gasteiger partial charge on any atom is -0.283 e. The molecule has 0 aliphatic rings. The Morgan fingerprint density at radius 3 is 2.00 bits per heavy atom. The molecule has 0 aliphatic carbocycles. The summed E-state index contributed by atoms with van der Waals surface area (Å²) in [6.45, 7) is 0. The number of nitrogens with zero attached hydrogens (tertiary/aromatic N) is 3. The first-order chi connectivity index (χ1) is 12.4. The summed E-state index contributed by atoms with van der Waals surface area (Å²) >= 11 is 0. The van der Waals surface area contributed by atoms with Crippen LogP contribution in [-0.4, -0.2) is 14.4 Å². The fourth-order valence-electron chi connectivity index (χ4n) is 3.20. The van der Waals surface area contributed by atoms with E-state index in [1.54, 1.807) is 0 Å². The van der Waals surface area contributed by atoms with Crippen LogP contribution in [0.2, 0.25) is 0 Å². The maximum Gasteiger partial charge on any atom is 0.148 e. The van der Waals surface area contributed by atoms with E-state index in [2.05, 4.69) is 40.9 Å². The Balaban J connectivity index is 1.88. The lowest BCUT2D eigenvalue weighted by Crippen LogP contribution is -1.96. The highest BCUT2D eigenvalue weighted by atomic mass is 15.1. The molecule has 5 aromatic rings. The summed E-state index contributed by atoms with van der Waals surface area (Å²) in [5.74, 6) is 0.906. The quantitative estimate of drug-likeness (QED) is 0.446. The van der Waals surface area contributed by atoms with Gasteiger partial charge in [0.2, 0.25) is 0 Å². The summed E-state index contributed by atoms with van der Waals surface area (Å²) in [6, 6.07) is 28.7. The number of fused-ring (bicyclic) bond motifs is 3. The van der Waals surface area contributed by atoms with Gasteiger partial charge in [0, 0.05) is 22.7 Å². The van der Waals surface area contributed by atoms with Gasteiger partial charge in [0.15, 0.2) is 0 Å². The fourth-order valence-corrected chi connectivity index (χ4v) is 3.20. The Morgan fingerprint density at radius 1 is 0.600 bits per heavy atom. The first kappa shape index (κ1) is 13.9. The molecular weight excluding hydrogens is 306 g/mol. The van der Waals surface area contributed by atoms with Gasteiger partial charge in [-0.3, -0.25) is 4.40 Å². The molecule has 2 aromatic heterocycles. The molecule has 0 atom stereocenters. The number of para-hydroxylation sites is 1. The van der Waals surface area contributed by atoms with Crippen molar-refractivity contribution in [3.8, 4) is 22.6 Å². The molecule has 0 bridgehead atoms. The smallest absolute Gasteiger partial charge is 0.148 e. The normalized spacial score (nSPS) is 11.2. The second-order valence-electron chi connectivity index (χ2n) is 6.00. The van der Waals surface area contributed by atoms with Crippen LogP contribution in [0.3, 0.4) is 0 Å². The van der Waals surface area contributed by atoms with Gasteiger partial charge < -0.3 is 0 Å². The lowest BCUT2D eigenvalue weighted by molar-refractivity contribution is 1.13. The third-order valence-corrected chi connectivity index (χ3v) is 4.41. The van der Waals surface area contributed by atoms with Crippen LogP contribution < -0.4 is 0 Å². The average Bonchev–Trinajstić information content (AvgIpc) is 3.14. The van der Waals surface area contributed by atoms with Crippen LogP contribution in [0.15, 0.2) is 91.1 Å². The Kier molecular flexibility index (Phi) is 3.10. The first-order valence-corrected chi connectivity index (χ1v) is 8.29. The van der Waals surface area contributed by atoms with Crippen molar-refractivity contribution in [3.05, 3.63) is 91.1 Å². The Hall–Kier alpha value is -3.46. The molecule has 3 nitrogen and oxygen atoms in total. The van der Waals surface area contributed by atoms with E-state index in [-0.39, 0.29) is 0 Å². The predicted octanol–water partition coefficient (Wildman–Crippen LogP) is 5.22. The number of benzene rings is 3. The van der Waals surface area contributed by atoms with Crippen molar-refractivity contribution in [1.82, 2.24) is 14.4 Å². The standard InChI is InChI=1S/C22H15N3/c1-3-9-16(10-4-1)20-15-25-21(17-11-5-2-6-12-17)23-19-14-8-7-13-18(19)22(25)24-20/h1-15H. The van der Waals surface area contributed by atoms with Crippen LogP contribution in [0.5, 0.6) is 0 Å². The van der Waals surface area contributed by atoms with Crippen molar-refractivity contribution in [2.75, 3.05) is 0 Å². The van der Waals surface area contributed by atoms with Gasteiger partial charge in [-0.1, -0.05) is 72.8 Å². The monoisotopic (exact) mass is 321 g/mol. The molecule has 0 amide bonds. The van der Waals surface area contributed by atoms with Crippen molar-refractivity contribution in [2.45, 2.75) is 0 Å².